The summed E-state index contributed by atoms with van der Waals surface area (Å²) in [5.41, 5.74) is 0.746. The largest absolute Gasteiger partial charge is 0.468 e. The monoisotopic (exact) mass is 673 g/mol. The number of ketones is 1. The molecule has 6 rings (SSSR count). The molecule has 268 valence electrons. The van der Waals surface area contributed by atoms with Crippen molar-refractivity contribution in [2.24, 2.45) is 56.2 Å². The van der Waals surface area contributed by atoms with Crippen LogP contribution < -0.4 is 0 Å². The fourth-order valence-electron chi connectivity index (χ4n) is 12.3. The van der Waals surface area contributed by atoms with Gasteiger partial charge < -0.3 is 14.4 Å². The van der Waals surface area contributed by atoms with E-state index in [2.05, 4.69) is 54.5 Å². The molecule has 0 radical (unpaired) electrons. The molecule has 0 aromatic heterocycles. The van der Waals surface area contributed by atoms with Crippen molar-refractivity contribution in [1.82, 2.24) is 4.90 Å². The average molecular weight is 674 g/mol. The zero-order chi connectivity index (χ0) is 35.8. The zero-order valence-electron chi connectivity index (χ0n) is 31.4. The van der Waals surface area contributed by atoms with Crippen molar-refractivity contribution in [2.45, 2.75) is 113 Å². The second-order valence-electron chi connectivity index (χ2n) is 18.5. The minimum absolute atomic E-state index is 0.0101. The Labute approximate surface area is 293 Å². The Hall–Kier alpha value is -2.96. The van der Waals surface area contributed by atoms with Crippen molar-refractivity contribution >= 4 is 23.6 Å². The van der Waals surface area contributed by atoms with E-state index in [0.29, 0.717) is 12.8 Å². The highest BCUT2D eigenvalue weighted by Gasteiger charge is 2.70. The average Bonchev–Trinajstić information content (AvgIpc) is 3.05. The maximum atomic E-state index is 14.8. The number of hydrogen-bond donors (Lipinski definition) is 0. The van der Waals surface area contributed by atoms with E-state index >= 15 is 0 Å². The van der Waals surface area contributed by atoms with E-state index in [9.17, 15) is 19.2 Å². The number of rotatable bonds is 6. The smallest absolute Gasteiger partial charge is 0.325 e. The van der Waals surface area contributed by atoms with Crippen molar-refractivity contribution in [3.8, 4) is 0 Å². The van der Waals surface area contributed by atoms with E-state index in [1.54, 1.807) is 7.05 Å². The molecule has 0 unspecified atom stereocenters. The number of likely N-dealkylation sites (N-methyl/N-ethyl adjacent to an activating group) is 1. The molecular formula is C42H59NO6. The van der Waals surface area contributed by atoms with Crippen molar-refractivity contribution in [1.29, 1.82) is 0 Å². The molecule has 7 nitrogen and oxygen atoms in total. The van der Waals surface area contributed by atoms with Gasteiger partial charge in [0.15, 0.2) is 5.78 Å². The van der Waals surface area contributed by atoms with Crippen LogP contribution in [-0.2, 0) is 35.3 Å². The predicted molar refractivity (Wildman–Crippen MR) is 189 cm³/mol. The van der Waals surface area contributed by atoms with Crippen molar-refractivity contribution in [3.63, 3.8) is 0 Å². The lowest BCUT2D eigenvalue weighted by Crippen LogP contribution is -2.66. The van der Waals surface area contributed by atoms with Gasteiger partial charge in [0.1, 0.15) is 13.2 Å². The molecule has 1 amide bonds. The first-order chi connectivity index (χ1) is 22.9. The maximum absolute atomic E-state index is 14.8. The summed E-state index contributed by atoms with van der Waals surface area (Å²) >= 11 is 0. The zero-order valence-corrected chi connectivity index (χ0v) is 31.4. The van der Waals surface area contributed by atoms with Gasteiger partial charge in [-0.1, -0.05) is 77.4 Å². The molecule has 5 aliphatic rings. The number of nitrogens with zero attached hydrogens (tertiary/aromatic N) is 1. The lowest BCUT2D eigenvalue weighted by molar-refractivity contribution is -0.196. The molecule has 1 aromatic rings. The predicted octanol–water partition coefficient (Wildman–Crippen LogP) is 7.96. The molecule has 0 N–H and O–H groups in total. The van der Waals surface area contributed by atoms with Crippen LogP contribution in [-0.4, -0.2) is 49.2 Å². The molecule has 5 aliphatic carbocycles. The van der Waals surface area contributed by atoms with Crippen LogP contribution in [0.3, 0.4) is 0 Å². The fourth-order valence-corrected chi connectivity index (χ4v) is 12.3. The van der Waals surface area contributed by atoms with Crippen LogP contribution in [0.15, 0.2) is 42.0 Å². The number of carbonyl (C=O) groups excluding carboxylic acids is 4. The minimum Gasteiger partial charge on any atom is -0.468 e. The summed E-state index contributed by atoms with van der Waals surface area (Å²) in [6.45, 7) is 16.3. The molecule has 0 aliphatic heterocycles. The van der Waals surface area contributed by atoms with E-state index < -0.39 is 11.4 Å². The van der Waals surface area contributed by atoms with Crippen LogP contribution >= 0.6 is 0 Å². The first-order valence-electron chi connectivity index (χ1n) is 18.7. The molecule has 1 aromatic carbocycles. The molecule has 49 heavy (non-hydrogen) atoms. The van der Waals surface area contributed by atoms with Gasteiger partial charge >= 0.3 is 11.9 Å². The van der Waals surface area contributed by atoms with Crippen LogP contribution in [0.4, 0.5) is 0 Å². The Balaban J connectivity index is 1.29. The Morgan fingerprint density at radius 3 is 2.22 bits per heavy atom. The molecule has 9 atom stereocenters. The normalized spacial score (nSPS) is 40.8. The Kier molecular flexibility index (Phi) is 8.84. The van der Waals surface area contributed by atoms with Crippen molar-refractivity contribution in [3.05, 3.63) is 47.5 Å². The fraction of sp³-hybridized carbons (Fsp3) is 0.714. The van der Waals surface area contributed by atoms with Crippen LogP contribution in [0, 0.1) is 56.2 Å². The van der Waals surface area contributed by atoms with Gasteiger partial charge in [-0.15, -0.1) is 0 Å². The van der Waals surface area contributed by atoms with E-state index in [1.807, 2.05) is 30.3 Å². The number of hydrogen-bond acceptors (Lipinski definition) is 6. The van der Waals surface area contributed by atoms with Gasteiger partial charge in [-0.3, -0.25) is 19.2 Å². The van der Waals surface area contributed by atoms with Crippen LogP contribution in [0.1, 0.15) is 112 Å². The second kappa shape index (κ2) is 12.1. The first kappa shape index (κ1) is 35.9. The van der Waals surface area contributed by atoms with E-state index in [-0.39, 0.29) is 81.6 Å². The number of methoxy groups -OCH3 is 1. The highest BCUT2D eigenvalue weighted by Crippen LogP contribution is 2.75. The number of amides is 1. The number of carbonyl (C=O) groups is 4. The van der Waals surface area contributed by atoms with Crippen LogP contribution in [0.25, 0.3) is 0 Å². The molecule has 0 saturated heterocycles. The Morgan fingerprint density at radius 2 is 1.55 bits per heavy atom. The standard InChI is InChI=1S/C42H59NO6/c1-37(2)28(35(46)43(8)25-33(45)48-9)15-17-40(5)32(37)16-18-42(7)34(40)31(44)23-29-30-24-39(4,20-19-38(30,3)21-22-41(29,42)6)36(47)49-26-27-13-11-10-12-14-27/h10-14,23,28,30,32,34H,15-22,24-26H2,1-9H3/t28-,30+,32+,34-,38-,39+,40+,41-,42-/m1/s1. The first-order valence-corrected chi connectivity index (χ1v) is 18.7. The highest BCUT2D eigenvalue weighted by atomic mass is 16.5. The summed E-state index contributed by atoms with van der Waals surface area (Å²) in [5, 5.41) is 0. The number of esters is 2. The van der Waals surface area contributed by atoms with E-state index in [4.69, 9.17) is 9.47 Å². The van der Waals surface area contributed by atoms with Gasteiger partial charge in [0.2, 0.25) is 5.91 Å². The summed E-state index contributed by atoms with van der Waals surface area (Å²) < 4.78 is 10.8. The number of ether oxygens (including phenoxy) is 2. The van der Waals surface area contributed by atoms with Gasteiger partial charge in [0, 0.05) is 18.9 Å². The highest BCUT2D eigenvalue weighted by molar-refractivity contribution is 5.96. The van der Waals surface area contributed by atoms with E-state index in [1.165, 1.54) is 17.6 Å². The molecule has 0 spiro atoms. The lowest BCUT2D eigenvalue weighted by Gasteiger charge is -2.70. The molecule has 0 heterocycles. The summed E-state index contributed by atoms with van der Waals surface area (Å²) in [4.78, 5) is 55.9. The Morgan fingerprint density at radius 1 is 0.878 bits per heavy atom. The summed E-state index contributed by atoms with van der Waals surface area (Å²) in [6, 6.07) is 9.87. The quantitative estimate of drug-likeness (QED) is 0.285. The maximum Gasteiger partial charge on any atom is 0.325 e. The molecular weight excluding hydrogens is 614 g/mol. The van der Waals surface area contributed by atoms with Gasteiger partial charge in [-0.25, -0.2) is 0 Å². The van der Waals surface area contributed by atoms with Crippen molar-refractivity contribution < 1.29 is 28.7 Å². The number of benzene rings is 1. The van der Waals surface area contributed by atoms with Gasteiger partial charge in [0.05, 0.1) is 12.5 Å². The minimum atomic E-state index is -0.599. The number of fused-ring (bicyclic) bond motifs is 7. The molecule has 7 heteroatoms. The number of allylic oxidation sites excluding steroid dienone is 2. The third-order valence-corrected chi connectivity index (χ3v) is 15.6. The second-order valence-corrected chi connectivity index (χ2v) is 18.5. The summed E-state index contributed by atoms with van der Waals surface area (Å²) in [5.74, 6) is -0.322. The molecule has 4 fully saturated rings. The van der Waals surface area contributed by atoms with Crippen LogP contribution in [0.2, 0.25) is 0 Å². The van der Waals surface area contributed by atoms with Gasteiger partial charge in [0.25, 0.3) is 0 Å². The topological polar surface area (TPSA) is 90.0 Å². The summed E-state index contributed by atoms with van der Waals surface area (Å²) in [6.07, 6.45) is 10.0. The van der Waals surface area contributed by atoms with Crippen molar-refractivity contribution in [2.75, 3.05) is 20.7 Å². The lowest BCUT2D eigenvalue weighted by atomic mass is 9.33. The third-order valence-electron chi connectivity index (χ3n) is 15.6. The molecule has 4 saturated carbocycles. The third kappa shape index (κ3) is 5.42. The van der Waals surface area contributed by atoms with Gasteiger partial charge in [-0.2, -0.15) is 0 Å². The van der Waals surface area contributed by atoms with Gasteiger partial charge in [-0.05, 0) is 115 Å². The SMILES string of the molecule is COC(=O)CN(C)C(=O)[C@H]1CC[C@]2(C)[C@H]3C(=O)C=C4[C@@H]5C[C@@](C)(C(=O)OCc6ccccc6)CC[C@]5(C)CC[C@@]4(C)[C@]3(C)CC[C@H]2C1(C)C. The van der Waals surface area contributed by atoms with E-state index in [0.717, 1.165) is 50.5 Å². The summed E-state index contributed by atoms with van der Waals surface area (Å²) in [7, 11) is 3.03. The molecule has 0 bridgehead atoms. The van der Waals surface area contributed by atoms with Crippen LogP contribution in [0.5, 0.6) is 0 Å². The Bertz CT molecular complexity index is 1550.